The summed E-state index contributed by atoms with van der Waals surface area (Å²) in [5.74, 6) is 0. The molecule has 86 valence electrons. The Morgan fingerprint density at radius 1 is 0.929 bits per heavy atom. The van der Waals surface area contributed by atoms with Gasteiger partial charge in [0.1, 0.15) is 0 Å². The normalized spacial score (nSPS) is 17.4. The molecule has 0 amide bonds. The second-order valence-corrected chi connectivity index (χ2v) is 3.98. The van der Waals surface area contributed by atoms with Crippen LogP contribution in [0.1, 0.15) is 46.0 Å². The lowest BCUT2D eigenvalue weighted by molar-refractivity contribution is 0.0503. The van der Waals surface area contributed by atoms with E-state index in [-0.39, 0.29) is 0 Å². The maximum absolute atomic E-state index is 5.10. The lowest BCUT2D eigenvalue weighted by Gasteiger charge is -2.21. The van der Waals surface area contributed by atoms with E-state index >= 15 is 0 Å². The van der Waals surface area contributed by atoms with Crippen molar-refractivity contribution in [2.45, 2.75) is 46.0 Å². The second kappa shape index (κ2) is 11.0. The highest BCUT2D eigenvalue weighted by Gasteiger charge is 2.02. The first-order valence-electron chi connectivity index (χ1n) is 6.07. The summed E-state index contributed by atoms with van der Waals surface area (Å²) in [4.78, 5) is 2.27. The largest absolute Gasteiger partial charge is 0.379 e. The van der Waals surface area contributed by atoms with Crippen molar-refractivity contribution in [2.75, 3.05) is 33.4 Å². The first-order chi connectivity index (χ1) is 6.81. The summed E-state index contributed by atoms with van der Waals surface area (Å²) in [7, 11) is 2.11. The van der Waals surface area contributed by atoms with Gasteiger partial charge < -0.3 is 9.64 Å². The molecule has 0 aromatic rings. The fourth-order valence-electron chi connectivity index (χ4n) is 1.33. The van der Waals surface area contributed by atoms with Gasteiger partial charge in [-0.25, -0.2) is 0 Å². The van der Waals surface area contributed by atoms with Gasteiger partial charge in [0.2, 0.25) is 0 Å². The van der Waals surface area contributed by atoms with E-state index < -0.39 is 0 Å². The van der Waals surface area contributed by atoms with E-state index in [0.29, 0.717) is 0 Å². The maximum Gasteiger partial charge on any atom is 0.0594 e. The van der Waals surface area contributed by atoms with Crippen molar-refractivity contribution < 1.29 is 4.74 Å². The molecule has 0 bridgehead atoms. The minimum Gasteiger partial charge on any atom is -0.379 e. The van der Waals surface area contributed by atoms with Crippen LogP contribution >= 0.6 is 0 Å². The molecule has 0 unspecified atom stereocenters. The minimum absolute atomic E-state index is 0.913. The van der Waals surface area contributed by atoms with E-state index in [1.807, 2.05) is 0 Å². The molecule has 2 nitrogen and oxygen atoms in total. The Morgan fingerprint density at radius 2 is 1.43 bits per heavy atom. The number of hydrogen-bond acceptors (Lipinski definition) is 2. The maximum atomic E-state index is 5.10. The summed E-state index contributed by atoms with van der Waals surface area (Å²) >= 11 is 0. The molecule has 14 heavy (non-hydrogen) atoms. The molecule has 0 aromatic carbocycles. The number of likely N-dealkylation sites (N-methyl/N-ethyl adjacent to an activating group) is 1. The lowest BCUT2D eigenvalue weighted by Crippen LogP contribution is -2.32. The summed E-state index contributed by atoms with van der Waals surface area (Å²) in [6.07, 6.45) is 7.01. The quantitative estimate of drug-likeness (QED) is 0.648. The molecule has 1 rings (SSSR count). The highest BCUT2D eigenvalue weighted by Crippen LogP contribution is 2.00. The summed E-state index contributed by atoms with van der Waals surface area (Å²) in [5, 5.41) is 0. The fraction of sp³-hybridized carbons (Fsp3) is 1.00. The Labute approximate surface area is 89.6 Å². The van der Waals surface area contributed by atoms with Gasteiger partial charge in [-0.2, -0.15) is 0 Å². The molecule has 0 atom stereocenters. The fourth-order valence-corrected chi connectivity index (χ4v) is 1.33. The summed E-state index contributed by atoms with van der Waals surface area (Å²) < 4.78 is 5.10. The van der Waals surface area contributed by atoms with Gasteiger partial charge in [-0.3, -0.25) is 0 Å². The van der Waals surface area contributed by atoms with Gasteiger partial charge in [-0.15, -0.1) is 0 Å². The van der Waals surface area contributed by atoms with Crippen LogP contribution in [0.25, 0.3) is 0 Å². The molecule has 1 aliphatic rings. The first kappa shape index (κ1) is 13.9. The van der Waals surface area contributed by atoms with Crippen molar-refractivity contribution >= 4 is 0 Å². The molecule has 2 heteroatoms. The zero-order valence-electron chi connectivity index (χ0n) is 10.2. The molecule has 0 aromatic heterocycles. The van der Waals surface area contributed by atoms with Crippen LogP contribution in [0.3, 0.4) is 0 Å². The van der Waals surface area contributed by atoms with Crippen molar-refractivity contribution in [1.29, 1.82) is 0 Å². The summed E-state index contributed by atoms with van der Waals surface area (Å²) in [6.45, 7) is 8.51. The monoisotopic (exact) mass is 201 g/mol. The topological polar surface area (TPSA) is 12.5 Å². The molecular weight excluding hydrogens is 174 g/mol. The Morgan fingerprint density at radius 3 is 1.71 bits per heavy atom. The third-order valence-electron chi connectivity index (χ3n) is 2.44. The summed E-state index contributed by atoms with van der Waals surface area (Å²) in [6, 6.07) is 0. The minimum atomic E-state index is 0.913. The van der Waals surface area contributed by atoms with E-state index in [2.05, 4.69) is 25.8 Å². The van der Waals surface area contributed by atoms with Gasteiger partial charge in [-0.05, 0) is 7.05 Å². The molecular formula is C12H27NO. The Kier molecular flexibility index (Phi) is 10.9. The number of nitrogens with zero attached hydrogens (tertiary/aromatic N) is 1. The predicted molar refractivity (Wildman–Crippen MR) is 62.7 cm³/mol. The van der Waals surface area contributed by atoms with Gasteiger partial charge in [-0.1, -0.05) is 46.0 Å². The number of morpholine rings is 1. The van der Waals surface area contributed by atoms with Crippen LogP contribution in [0.5, 0.6) is 0 Å². The van der Waals surface area contributed by atoms with Gasteiger partial charge in [0.25, 0.3) is 0 Å². The van der Waals surface area contributed by atoms with Crippen molar-refractivity contribution in [1.82, 2.24) is 4.90 Å². The SMILES string of the molecule is CCCCCCC.CN1CCOCC1. The first-order valence-corrected chi connectivity index (χ1v) is 6.07. The lowest BCUT2D eigenvalue weighted by atomic mass is 10.2. The van der Waals surface area contributed by atoms with Crippen molar-refractivity contribution in [2.24, 2.45) is 0 Å². The second-order valence-electron chi connectivity index (χ2n) is 3.98. The van der Waals surface area contributed by atoms with Gasteiger partial charge in [0.05, 0.1) is 13.2 Å². The average Bonchev–Trinajstić information content (AvgIpc) is 2.21. The Hall–Kier alpha value is -0.0800. The predicted octanol–water partition coefficient (Wildman–Crippen LogP) is 2.93. The number of ether oxygens (including phenoxy) is 1. The molecule has 1 fully saturated rings. The zero-order chi connectivity index (χ0) is 10.6. The molecule has 0 spiro atoms. The van der Waals surface area contributed by atoms with E-state index in [1.165, 1.54) is 32.1 Å². The zero-order valence-corrected chi connectivity index (χ0v) is 10.2. The highest BCUT2D eigenvalue weighted by atomic mass is 16.5. The smallest absolute Gasteiger partial charge is 0.0594 e. The van der Waals surface area contributed by atoms with Crippen LogP contribution in [0, 0.1) is 0 Å². The standard InChI is InChI=1S/C7H16.C5H11NO/c1-3-5-7-6-4-2;1-6-2-4-7-5-3-6/h3-7H2,1-2H3;2-5H2,1H3. The molecule has 0 saturated carbocycles. The van der Waals surface area contributed by atoms with Crippen LogP contribution in [-0.2, 0) is 4.74 Å². The van der Waals surface area contributed by atoms with Crippen LogP contribution in [0.15, 0.2) is 0 Å². The average molecular weight is 201 g/mol. The molecule has 0 N–H and O–H groups in total. The molecule has 1 aliphatic heterocycles. The molecule has 1 heterocycles. The van der Waals surface area contributed by atoms with Gasteiger partial charge in [0, 0.05) is 13.1 Å². The van der Waals surface area contributed by atoms with Crippen LogP contribution < -0.4 is 0 Å². The Bertz CT molecular complexity index is 96.5. The third kappa shape index (κ3) is 10.0. The van der Waals surface area contributed by atoms with Crippen molar-refractivity contribution in [3.8, 4) is 0 Å². The number of hydrogen-bond donors (Lipinski definition) is 0. The van der Waals surface area contributed by atoms with Gasteiger partial charge >= 0.3 is 0 Å². The molecule has 1 saturated heterocycles. The highest BCUT2D eigenvalue weighted by molar-refractivity contribution is 4.53. The number of rotatable bonds is 4. The van der Waals surface area contributed by atoms with E-state index in [4.69, 9.17) is 4.74 Å². The van der Waals surface area contributed by atoms with Crippen LogP contribution in [0.4, 0.5) is 0 Å². The summed E-state index contributed by atoms with van der Waals surface area (Å²) in [5.41, 5.74) is 0. The Balaban J connectivity index is 0.000000241. The van der Waals surface area contributed by atoms with Crippen molar-refractivity contribution in [3.63, 3.8) is 0 Å². The third-order valence-corrected chi connectivity index (χ3v) is 2.44. The van der Waals surface area contributed by atoms with Crippen molar-refractivity contribution in [3.05, 3.63) is 0 Å². The molecule has 0 radical (unpaired) electrons. The number of unbranched alkanes of at least 4 members (excludes halogenated alkanes) is 4. The van der Waals surface area contributed by atoms with E-state index in [9.17, 15) is 0 Å². The van der Waals surface area contributed by atoms with E-state index in [0.717, 1.165) is 26.3 Å². The van der Waals surface area contributed by atoms with Crippen LogP contribution in [-0.4, -0.2) is 38.3 Å². The van der Waals surface area contributed by atoms with Crippen LogP contribution in [0.2, 0.25) is 0 Å². The van der Waals surface area contributed by atoms with Gasteiger partial charge in [0.15, 0.2) is 0 Å². The molecule has 0 aliphatic carbocycles. The van der Waals surface area contributed by atoms with E-state index in [1.54, 1.807) is 0 Å².